The Bertz CT molecular complexity index is 904. The lowest BCUT2D eigenvalue weighted by Gasteiger charge is -2.18. The first-order chi connectivity index (χ1) is 13.5. The predicted molar refractivity (Wildman–Crippen MR) is 103 cm³/mol. The summed E-state index contributed by atoms with van der Waals surface area (Å²) >= 11 is 0. The maximum absolute atomic E-state index is 13.0. The van der Waals surface area contributed by atoms with Crippen molar-refractivity contribution in [2.45, 2.75) is 45.4 Å². The summed E-state index contributed by atoms with van der Waals surface area (Å²) in [6.45, 7) is 5.23. The Morgan fingerprint density at radius 3 is 2.45 bits per heavy atom. The smallest absolute Gasteiger partial charge is 0.389 e. The molecule has 0 spiro atoms. The number of rotatable bonds is 7. The van der Waals surface area contributed by atoms with Crippen LogP contribution in [-0.2, 0) is 6.18 Å². The van der Waals surface area contributed by atoms with Crippen molar-refractivity contribution in [3.8, 4) is 11.5 Å². The Morgan fingerprint density at radius 2 is 1.83 bits per heavy atom. The van der Waals surface area contributed by atoms with Crippen LogP contribution in [0.2, 0.25) is 0 Å². The molecule has 3 rings (SSSR count). The number of nitrogens with one attached hydrogen (secondary N) is 2. The second kappa shape index (κ2) is 7.94. The van der Waals surface area contributed by atoms with E-state index in [9.17, 15) is 18.3 Å². The van der Waals surface area contributed by atoms with Crippen LogP contribution in [0.5, 0.6) is 0 Å². The Hall–Kier alpha value is -2.75. The first-order valence-electron chi connectivity index (χ1n) is 9.22. The average Bonchev–Trinajstić information content (AvgIpc) is 3.42. The van der Waals surface area contributed by atoms with Gasteiger partial charge in [-0.15, -0.1) is 0 Å². The van der Waals surface area contributed by atoms with Gasteiger partial charge >= 0.3 is 6.18 Å². The van der Waals surface area contributed by atoms with E-state index in [2.05, 4.69) is 36.6 Å². The van der Waals surface area contributed by atoms with Gasteiger partial charge in [0.2, 0.25) is 11.9 Å². The van der Waals surface area contributed by atoms with Gasteiger partial charge in [-0.05, 0) is 51.7 Å². The molecule has 0 atom stereocenters. The number of halogens is 3. The maximum atomic E-state index is 13.0. The van der Waals surface area contributed by atoms with Crippen LogP contribution in [0.15, 0.2) is 30.0 Å². The van der Waals surface area contributed by atoms with E-state index in [0.29, 0.717) is 5.92 Å². The minimum Gasteiger partial charge on any atom is -0.389 e. The van der Waals surface area contributed by atoms with E-state index in [0.717, 1.165) is 24.6 Å². The Kier molecular flexibility index (Phi) is 5.74. The SMILES string of the molecule is CC(=CC1CC1)Nc1nc(NCC(C)(C)O)nc(-c2cccc(C(F)(F)F)n2)n1. The topological polar surface area (TPSA) is 95.9 Å². The molecule has 1 fully saturated rings. The lowest BCUT2D eigenvalue weighted by atomic mass is 10.1. The van der Waals surface area contributed by atoms with Crippen LogP contribution in [0.3, 0.4) is 0 Å². The second-order valence-corrected chi connectivity index (χ2v) is 7.69. The molecule has 1 aliphatic rings. The molecule has 0 bridgehead atoms. The predicted octanol–water partition coefficient (Wildman–Crippen LogP) is 3.86. The molecule has 0 aromatic carbocycles. The molecule has 7 nitrogen and oxygen atoms in total. The number of hydrogen-bond donors (Lipinski definition) is 3. The van der Waals surface area contributed by atoms with Crippen molar-refractivity contribution in [2.24, 2.45) is 5.92 Å². The standard InChI is InChI=1S/C19H23F3N6O/c1-11(9-12-7-8-12)24-17-27-15(26-16(28-17)23-10-18(2,3)29)13-5-4-6-14(25-13)19(20,21)22/h4-6,9,12,29H,7-8,10H2,1-3H3,(H2,23,24,26,27,28). The highest BCUT2D eigenvalue weighted by Crippen LogP contribution is 2.31. The number of pyridine rings is 1. The van der Waals surface area contributed by atoms with E-state index in [-0.39, 0.29) is 30.0 Å². The first kappa shape index (κ1) is 21.0. The van der Waals surface area contributed by atoms with Crippen molar-refractivity contribution >= 4 is 11.9 Å². The zero-order valence-corrected chi connectivity index (χ0v) is 16.4. The third-order valence-corrected chi connectivity index (χ3v) is 4.00. The molecule has 10 heteroatoms. The highest BCUT2D eigenvalue weighted by Gasteiger charge is 2.32. The monoisotopic (exact) mass is 408 g/mol. The summed E-state index contributed by atoms with van der Waals surface area (Å²) in [5.74, 6) is 0.827. The van der Waals surface area contributed by atoms with Crippen molar-refractivity contribution in [1.82, 2.24) is 19.9 Å². The van der Waals surface area contributed by atoms with Crippen molar-refractivity contribution in [2.75, 3.05) is 17.2 Å². The van der Waals surface area contributed by atoms with Gasteiger partial charge < -0.3 is 15.7 Å². The zero-order chi connectivity index (χ0) is 21.2. The number of aliphatic hydroxyl groups is 1. The van der Waals surface area contributed by atoms with E-state index in [1.165, 1.54) is 12.1 Å². The molecule has 0 amide bonds. The second-order valence-electron chi connectivity index (χ2n) is 7.69. The van der Waals surface area contributed by atoms with Crippen LogP contribution in [0, 0.1) is 5.92 Å². The zero-order valence-electron chi connectivity index (χ0n) is 16.4. The molecule has 0 aliphatic heterocycles. The van der Waals surface area contributed by atoms with Crippen LogP contribution >= 0.6 is 0 Å². The van der Waals surface area contributed by atoms with Crippen LogP contribution in [-0.4, -0.2) is 37.2 Å². The van der Waals surface area contributed by atoms with Crippen molar-refractivity contribution in [3.63, 3.8) is 0 Å². The normalized spacial score (nSPS) is 15.3. The molecule has 3 N–H and O–H groups in total. The Morgan fingerprint density at radius 1 is 1.14 bits per heavy atom. The van der Waals surface area contributed by atoms with Gasteiger partial charge in [0, 0.05) is 12.2 Å². The third kappa shape index (κ3) is 6.38. The number of alkyl halides is 3. The molecule has 2 aromatic rings. The van der Waals surface area contributed by atoms with E-state index in [1.807, 2.05) is 6.92 Å². The van der Waals surface area contributed by atoms with Crippen molar-refractivity contribution in [3.05, 3.63) is 35.7 Å². The summed E-state index contributed by atoms with van der Waals surface area (Å²) in [6.07, 6.45) is -0.242. The summed E-state index contributed by atoms with van der Waals surface area (Å²) in [5, 5.41) is 15.9. The Labute approximate surface area is 166 Å². The Balaban J connectivity index is 1.95. The van der Waals surface area contributed by atoms with Crippen LogP contribution in [0.4, 0.5) is 25.1 Å². The summed E-state index contributed by atoms with van der Waals surface area (Å²) in [4.78, 5) is 16.3. The van der Waals surface area contributed by atoms with Gasteiger partial charge in [0.25, 0.3) is 0 Å². The van der Waals surface area contributed by atoms with Crippen LogP contribution in [0.1, 0.15) is 39.3 Å². The molecule has 0 radical (unpaired) electrons. The molecule has 2 aromatic heterocycles. The van der Waals surface area contributed by atoms with E-state index in [4.69, 9.17) is 0 Å². The lowest BCUT2D eigenvalue weighted by Crippen LogP contribution is -2.30. The molecular weight excluding hydrogens is 385 g/mol. The number of nitrogens with zero attached hydrogens (tertiary/aromatic N) is 4. The summed E-state index contributed by atoms with van der Waals surface area (Å²) in [7, 11) is 0. The van der Waals surface area contributed by atoms with E-state index >= 15 is 0 Å². The molecule has 0 unspecified atom stereocenters. The van der Waals surface area contributed by atoms with Gasteiger partial charge in [-0.3, -0.25) is 0 Å². The average molecular weight is 408 g/mol. The summed E-state index contributed by atoms with van der Waals surface area (Å²) in [5.41, 5.74) is -1.24. The third-order valence-electron chi connectivity index (χ3n) is 4.00. The van der Waals surface area contributed by atoms with Gasteiger partial charge in [0.1, 0.15) is 11.4 Å². The fourth-order valence-corrected chi connectivity index (χ4v) is 2.47. The fourth-order valence-electron chi connectivity index (χ4n) is 2.47. The molecule has 1 saturated carbocycles. The number of anilines is 2. The van der Waals surface area contributed by atoms with Gasteiger partial charge in [-0.1, -0.05) is 12.1 Å². The minimum atomic E-state index is -4.57. The molecule has 0 saturated heterocycles. The molecule has 1 aliphatic carbocycles. The van der Waals surface area contributed by atoms with Gasteiger partial charge in [0.15, 0.2) is 5.82 Å². The first-order valence-corrected chi connectivity index (χ1v) is 9.22. The fraction of sp³-hybridized carbons (Fsp3) is 0.474. The van der Waals surface area contributed by atoms with Gasteiger partial charge in [-0.2, -0.15) is 28.1 Å². The van der Waals surface area contributed by atoms with Crippen molar-refractivity contribution < 1.29 is 18.3 Å². The van der Waals surface area contributed by atoms with Crippen LogP contribution < -0.4 is 10.6 Å². The summed E-state index contributed by atoms with van der Waals surface area (Å²) < 4.78 is 39.1. The number of hydrogen-bond acceptors (Lipinski definition) is 7. The highest BCUT2D eigenvalue weighted by molar-refractivity contribution is 5.54. The number of allylic oxidation sites excluding steroid dienone is 2. The molecular formula is C19H23F3N6O. The largest absolute Gasteiger partial charge is 0.433 e. The minimum absolute atomic E-state index is 0.00827. The van der Waals surface area contributed by atoms with Gasteiger partial charge in [0.05, 0.1) is 5.60 Å². The maximum Gasteiger partial charge on any atom is 0.433 e. The van der Waals surface area contributed by atoms with E-state index < -0.39 is 17.5 Å². The van der Waals surface area contributed by atoms with Crippen LogP contribution in [0.25, 0.3) is 11.5 Å². The van der Waals surface area contributed by atoms with E-state index in [1.54, 1.807) is 13.8 Å². The summed E-state index contributed by atoms with van der Waals surface area (Å²) in [6, 6.07) is 3.55. The van der Waals surface area contributed by atoms with Crippen molar-refractivity contribution in [1.29, 1.82) is 0 Å². The molecule has 2 heterocycles. The van der Waals surface area contributed by atoms with Gasteiger partial charge in [-0.25, -0.2) is 4.98 Å². The number of aromatic nitrogens is 4. The highest BCUT2D eigenvalue weighted by atomic mass is 19.4. The molecule has 29 heavy (non-hydrogen) atoms. The quantitative estimate of drug-likeness (QED) is 0.640. The lowest BCUT2D eigenvalue weighted by molar-refractivity contribution is -0.141. The molecule has 156 valence electrons.